The maximum absolute atomic E-state index is 11.0. The van der Waals surface area contributed by atoms with Gasteiger partial charge in [-0.25, -0.2) is 4.98 Å². The fourth-order valence-electron chi connectivity index (χ4n) is 4.62. The van der Waals surface area contributed by atoms with Crippen molar-refractivity contribution in [1.82, 2.24) is 19.8 Å². The van der Waals surface area contributed by atoms with Crippen LogP contribution in [0.25, 0.3) is 0 Å². The molecule has 5 nitrogen and oxygen atoms in total. The Bertz CT molecular complexity index is 660. The summed E-state index contributed by atoms with van der Waals surface area (Å²) in [6.45, 7) is 4.72. The van der Waals surface area contributed by atoms with E-state index >= 15 is 0 Å². The van der Waals surface area contributed by atoms with Gasteiger partial charge in [0.25, 0.3) is 0 Å². The number of nitrogens with one attached hydrogen (secondary N) is 1. The summed E-state index contributed by atoms with van der Waals surface area (Å²) in [4.78, 5) is 12.4. The third-order valence-corrected chi connectivity index (χ3v) is 6.02. The number of hydrogen-bond acceptors (Lipinski definition) is 4. The number of aliphatic hydroxyl groups excluding tert-OH is 1. The molecule has 2 N–H and O–H groups in total. The van der Waals surface area contributed by atoms with Gasteiger partial charge in [-0.2, -0.15) is 0 Å². The molecule has 0 saturated carbocycles. The van der Waals surface area contributed by atoms with Gasteiger partial charge in [-0.3, -0.25) is 9.80 Å². The van der Waals surface area contributed by atoms with Crippen LogP contribution >= 0.6 is 0 Å². The van der Waals surface area contributed by atoms with E-state index in [2.05, 4.69) is 50.1 Å². The highest BCUT2D eigenvalue weighted by Gasteiger charge is 2.48. The Kier molecular flexibility index (Phi) is 4.88. The van der Waals surface area contributed by atoms with E-state index in [0.717, 1.165) is 57.8 Å². The molecule has 2 saturated heterocycles. The van der Waals surface area contributed by atoms with Crippen LogP contribution in [0.1, 0.15) is 30.7 Å². The third kappa shape index (κ3) is 3.50. The quantitative estimate of drug-likeness (QED) is 0.875. The summed E-state index contributed by atoms with van der Waals surface area (Å²) in [7, 11) is 0. The minimum absolute atomic E-state index is 0.0194. The van der Waals surface area contributed by atoms with Crippen LogP contribution in [0.5, 0.6) is 0 Å². The summed E-state index contributed by atoms with van der Waals surface area (Å²) in [5, 5.41) is 11.0. The van der Waals surface area contributed by atoms with Crippen LogP contribution in [0.3, 0.4) is 0 Å². The molecule has 2 fully saturated rings. The zero-order valence-corrected chi connectivity index (χ0v) is 14.8. The number of imidazole rings is 1. The molecule has 134 valence electrons. The normalized spacial score (nSPS) is 28.0. The Morgan fingerprint density at radius 2 is 2.08 bits per heavy atom. The van der Waals surface area contributed by atoms with Gasteiger partial charge in [0.2, 0.25) is 0 Å². The van der Waals surface area contributed by atoms with Crippen LogP contribution in [-0.2, 0) is 13.0 Å². The van der Waals surface area contributed by atoms with Gasteiger partial charge in [0.1, 0.15) is 5.82 Å². The highest BCUT2D eigenvalue weighted by atomic mass is 16.3. The molecule has 25 heavy (non-hydrogen) atoms. The van der Waals surface area contributed by atoms with Crippen molar-refractivity contribution in [2.24, 2.45) is 0 Å². The van der Waals surface area contributed by atoms with Gasteiger partial charge in [-0.05, 0) is 37.8 Å². The minimum Gasteiger partial charge on any atom is -0.390 e. The number of hydrogen-bond donors (Lipinski definition) is 2. The zero-order chi connectivity index (χ0) is 17.1. The lowest BCUT2D eigenvalue weighted by Gasteiger charge is -2.48. The van der Waals surface area contributed by atoms with E-state index in [1.54, 1.807) is 6.20 Å². The Hall–Kier alpha value is -1.69. The number of nitrogens with zero attached hydrogens (tertiary/aromatic N) is 3. The van der Waals surface area contributed by atoms with Crippen molar-refractivity contribution in [3.8, 4) is 0 Å². The number of aromatic nitrogens is 2. The van der Waals surface area contributed by atoms with Crippen molar-refractivity contribution in [2.75, 3.05) is 26.2 Å². The fourth-order valence-corrected chi connectivity index (χ4v) is 4.62. The lowest BCUT2D eigenvalue weighted by atomic mass is 9.82. The molecule has 0 radical (unpaired) electrons. The van der Waals surface area contributed by atoms with Crippen LogP contribution in [-0.4, -0.2) is 62.7 Å². The first-order chi connectivity index (χ1) is 12.3. The summed E-state index contributed by atoms with van der Waals surface area (Å²) < 4.78 is 0. The number of piperidine rings is 1. The number of benzene rings is 1. The van der Waals surface area contributed by atoms with E-state index in [9.17, 15) is 5.11 Å². The lowest BCUT2D eigenvalue weighted by molar-refractivity contribution is -0.0653. The van der Waals surface area contributed by atoms with Gasteiger partial charge in [0.15, 0.2) is 0 Å². The fraction of sp³-hybridized carbons (Fsp3) is 0.550. The Morgan fingerprint density at radius 1 is 1.20 bits per heavy atom. The number of aromatic amines is 1. The van der Waals surface area contributed by atoms with Gasteiger partial charge in [0, 0.05) is 37.6 Å². The average Bonchev–Trinajstić information content (AvgIpc) is 3.28. The van der Waals surface area contributed by atoms with E-state index in [1.165, 1.54) is 12.0 Å². The molecule has 2 aliphatic rings. The highest BCUT2D eigenvalue weighted by Crippen LogP contribution is 2.38. The van der Waals surface area contributed by atoms with Crippen molar-refractivity contribution >= 4 is 0 Å². The molecule has 4 rings (SSSR count). The molecule has 5 heteroatoms. The van der Waals surface area contributed by atoms with Gasteiger partial charge >= 0.3 is 0 Å². The summed E-state index contributed by atoms with van der Waals surface area (Å²) in [6.07, 6.45) is 7.80. The van der Waals surface area contributed by atoms with Gasteiger partial charge in [0.05, 0.1) is 12.6 Å². The van der Waals surface area contributed by atoms with Crippen LogP contribution in [0.15, 0.2) is 42.7 Å². The van der Waals surface area contributed by atoms with E-state index in [0.29, 0.717) is 0 Å². The van der Waals surface area contributed by atoms with E-state index in [4.69, 9.17) is 0 Å². The Balaban J connectivity index is 1.38. The molecule has 1 spiro atoms. The third-order valence-electron chi connectivity index (χ3n) is 6.02. The SMILES string of the molecule is O[C@H]1CN(Cc2ncc[nH]2)CC[C@@]12CCCN2CCc1ccccc1. The minimum atomic E-state index is -0.283. The molecule has 0 bridgehead atoms. The predicted octanol–water partition coefficient (Wildman–Crippen LogP) is 2.05. The Labute approximate surface area is 149 Å². The van der Waals surface area contributed by atoms with Gasteiger partial charge in [-0.1, -0.05) is 30.3 Å². The molecule has 0 unspecified atom stereocenters. The van der Waals surface area contributed by atoms with Crippen LogP contribution in [0, 0.1) is 0 Å². The largest absolute Gasteiger partial charge is 0.390 e. The second-order valence-corrected chi connectivity index (χ2v) is 7.47. The van der Waals surface area contributed by atoms with Gasteiger partial charge in [-0.15, -0.1) is 0 Å². The van der Waals surface area contributed by atoms with Crippen LogP contribution in [0.2, 0.25) is 0 Å². The molecule has 0 amide bonds. The molecular formula is C20H28N4O. The lowest BCUT2D eigenvalue weighted by Crippen LogP contribution is -2.61. The van der Waals surface area contributed by atoms with Crippen molar-refractivity contribution < 1.29 is 5.11 Å². The Morgan fingerprint density at radius 3 is 2.84 bits per heavy atom. The first-order valence-corrected chi connectivity index (χ1v) is 9.44. The van der Waals surface area contributed by atoms with E-state index < -0.39 is 0 Å². The number of β-amino-alcohol motifs (C(OH)–C–C–N with tert-alkyl or cyclic N) is 1. The molecule has 2 aliphatic heterocycles. The standard InChI is InChI=1S/C20H28N4O/c25-18-15-23(16-19-21-10-11-22-19)14-9-20(18)8-4-12-24(20)13-7-17-5-2-1-3-6-17/h1-3,5-6,10-11,18,25H,4,7-9,12-16H2,(H,21,22)/t18-,20-/m0/s1. The number of H-pyrrole nitrogens is 1. The molecule has 1 aromatic heterocycles. The summed E-state index contributed by atoms with van der Waals surface area (Å²) in [5.74, 6) is 0.982. The number of aliphatic hydroxyl groups is 1. The first kappa shape index (κ1) is 16.8. The molecule has 0 aliphatic carbocycles. The molecule has 2 atom stereocenters. The second-order valence-electron chi connectivity index (χ2n) is 7.47. The summed E-state index contributed by atoms with van der Waals surface area (Å²) in [5.41, 5.74) is 1.36. The zero-order valence-electron chi connectivity index (χ0n) is 14.8. The average molecular weight is 340 g/mol. The van der Waals surface area contributed by atoms with Crippen molar-refractivity contribution in [3.05, 3.63) is 54.1 Å². The second kappa shape index (κ2) is 7.28. The number of rotatable bonds is 5. The van der Waals surface area contributed by atoms with Crippen molar-refractivity contribution in [3.63, 3.8) is 0 Å². The number of likely N-dealkylation sites (tertiary alicyclic amines) is 2. The highest BCUT2D eigenvalue weighted by molar-refractivity contribution is 5.15. The molecule has 2 aromatic rings. The molecule has 3 heterocycles. The smallest absolute Gasteiger partial charge is 0.120 e. The topological polar surface area (TPSA) is 55.4 Å². The van der Waals surface area contributed by atoms with Gasteiger partial charge < -0.3 is 10.1 Å². The van der Waals surface area contributed by atoms with Crippen LogP contribution in [0.4, 0.5) is 0 Å². The molecule has 1 aromatic carbocycles. The van der Waals surface area contributed by atoms with E-state index in [1.807, 2.05) is 6.20 Å². The van der Waals surface area contributed by atoms with Crippen molar-refractivity contribution in [2.45, 2.75) is 43.9 Å². The maximum Gasteiger partial charge on any atom is 0.120 e. The first-order valence-electron chi connectivity index (χ1n) is 9.44. The molecular weight excluding hydrogens is 312 g/mol. The van der Waals surface area contributed by atoms with E-state index in [-0.39, 0.29) is 11.6 Å². The monoisotopic (exact) mass is 340 g/mol. The summed E-state index contributed by atoms with van der Waals surface area (Å²) in [6, 6.07) is 10.7. The van der Waals surface area contributed by atoms with Crippen molar-refractivity contribution in [1.29, 1.82) is 0 Å². The maximum atomic E-state index is 11.0. The predicted molar refractivity (Wildman–Crippen MR) is 98.2 cm³/mol. The van der Waals surface area contributed by atoms with Crippen LogP contribution < -0.4 is 0 Å². The summed E-state index contributed by atoms with van der Waals surface area (Å²) >= 11 is 0.